The van der Waals surface area contributed by atoms with Gasteiger partial charge >= 0.3 is 0 Å². The van der Waals surface area contributed by atoms with Gasteiger partial charge in [0.1, 0.15) is 0 Å². The van der Waals surface area contributed by atoms with Crippen LogP contribution in [0.1, 0.15) is 87.5 Å². The number of hydrogen-bond acceptors (Lipinski definition) is 0. The fourth-order valence-corrected chi connectivity index (χ4v) is 7.45. The minimum atomic E-state index is 1.16. The van der Waals surface area contributed by atoms with E-state index in [4.69, 9.17) is 0 Å². The molecule has 2 aromatic heterocycles. The Morgan fingerprint density at radius 3 is 1.22 bits per heavy atom. The second kappa shape index (κ2) is 13.2. The molecule has 0 radical (unpaired) electrons. The summed E-state index contributed by atoms with van der Waals surface area (Å²) < 4.78 is 4.97. The SMILES string of the molecule is CCCCCCc1ccc(-n2c3ccc(C)cc3c3cc4c5cc(C)ccc5n(-c5ccc(CCCCCC)cc5)c4cc32)cc1. The highest BCUT2D eigenvalue weighted by Crippen LogP contribution is 2.40. The molecule has 2 heterocycles. The lowest BCUT2D eigenvalue weighted by Gasteiger charge is -2.11. The highest BCUT2D eigenvalue weighted by molar-refractivity contribution is 6.19. The van der Waals surface area contributed by atoms with E-state index in [0.29, 0.717) is 0 Å². The van der Waals surface area contributed by atoms with Crippen molar-refractivity contribution in [2.24, 2.45) is 0 Å². The van der Waals surface area contributed by atoms with Gasteiger partial charge in [-0.1, -0.05) is 99.9 Å². The molecule has 0 bridgehead atoms. The normalized spacial score (nSPS) is 11.9. The molecule has 7 rings (SSSR count). The smallest absolute Gasteiger partial charge is 0.0562 e. The summed E-state index contributed by atoms with van der Waals surface area (Å²) in [5, 5.41) is 5.28. The first kappa shape index (κ1) is 30.4. The van der Waals surface area contributed by atoms with Crippen molar-refractivity contribution >= 4 is 43.6 Å². The second-order valence-corrected chi connectivity index (χ2v) is 13.6. The van der Waals surface area contributed by atoms with Crippen LogP contribution in [0.2, 0.25) is 0 Å². The molecule has 0 unspecified atom stereocenters. The zero-order valence-electron chi connectivity index (χ0n) is 28.2. The molecule has 0 saturated carbocycles. The molecule has 234 valence electrons. The Morgan fingerprint density at radius 1 is 0.391 bits per heavy atom. The summed E-state index contributed by atoms with van der Waals surface area (Å²) in [6.07, 6.45) is 12.7. The van der Waals surface area contributed by atoms with Gasteiger partial charge in [-0.25, -0.2) is 0 Å². The molecule has 0 aliphatic heterocycles. The maximum absolute atomic E-state index is 2.48. The first-order chi connectivity index (χ1) is 22.6. The predicted molar refractivity (Wildman–Crippen MR) is 200 cm³/mol. The molecule has 7 aromatic rings. The lowest BCUT2D eigenvalue weighted by atomic mass is 10.1. The van der Waals surface area contributed by atoms with Crippen LogP contribution in [0.25, 0.3) is 55.0 Å². The van der Waals surface area contributed by atoms with Crippen molar-refractivity contribution in [2.45, 2.75) is 91.9 Å². The van der Waals surface area contributed by atoms with Gasteiger partial charge in [0.25, 0.3) is 0 Å². The van der Waals surface area contributed by atoms with Crippen molar-refractivity contribution in [2.75, 3.05) is 0 Å². The quantitative estimate of drug-likeness (QED) is 0.123. The van der Waals surface area contributed by atoms with Gasteiger partial charge in [0.2, 0.25) is 0 Å². The monoisotopic (exact) mass is 604 g/mol. The zero-order chi connectivity index (χ0) is 31.6. The van der Waals surface area contributed by atoms with Gasteiger partial charge in [-0.3, -0.25) is 0 Å². The zero-order valence-corrected chi connectivity index (χ0v) is 28.2. The number of aryl methyl sites for hydroxylation is 4. The number of nitrogens with zero attached hydrogens (tertiary/aromatic N) is 2. The Morgan fingerprint density at radius 2 is 0.804 bits per heavy atom. The number of hydrogen-bond donors (Lipinski definition) is 0. The van der Waals surface area contributed by atoms with Gasteiger partial charge < -0.3 is 9.13 Å². The highest BCUT2D eigenvalue weighted by atomic mass is 15.0. The van der Waals surface area contributed by atoms with Crippen molar-refractivity contribution in [1.82, 2.24) is 9.13 Å². The summed E-state index contributed by atoms with van der Waals surface area (Å²) in [5.74, 6) is 0. The van der Waals surface area contributed by atoms with Crippen LogP contribution in [0.5, 0.6) is 0 Å². The Labute approximate surface area is 274 Å². The molecular weight excluding hydrogens is 556 g/mol. The van der Waals surface area contributed by atoms with Gasteiger partial charge in [0.05, 0.1) is 22.1 Å². The summed E-state index contributed by atoms with van der Waals surface area (Å²) in [6.45, 7) is 8.97. The lowest BCUT2D eigenvalue weighted by Crippen LogP contribution is -1.97. The van der Waals surface area contributed by atoms with Crippen LogP contribution in [0, 0.1) is 13.8 Å². The summed E-state index contributed by atoms with van der Waals surface area (Å²) in [6, 6.07) is 37.5. The molecule has 0 atom stereocenters. The summed E-state index contributed by atoms with van der Waals surface area (Å²) in [4.78, 5) is 0. The highest BCUT2D eigenvalue weighted by Gasteiger charge is 2.19. The first-order valence-corrected chi connectivity index (χ1v) is 17.7. The second-order valence-electron chi connectivity index (χ2n) is 13.6. The van der Waals surface area contributed by atoms with Crippen LogP contribution in [0.15, 0.2) is 97.1 Å². The van der Waals surface area contributed by atoms with Crippen molar-refractivity contribution in [3.63, 3.8) is 0 Å². The van der Waals surface area contributed by atoms with Gasteiger partial charge in [-0.2, -0.15) is 0 Å². The fourth-order valence-electron chi connectivity index (χ4n) is 7.45. The number of unbranched alkanes of at least 4 members (excludes halogenated alkanes) is 6. The average Bonchev–Trinajstić information content (AvgIpc) is 3.56. The summed E-state index contributed by atoms with van der Waals surface area (Å²) >= 11 is 0. The first-order valence-electron chi connectivity index (χ1n) is 17.7. The van der Waals surface area contributed by atoms with Crippen LogP contribution in [-0.2, 0) is 12.8 Å². The Bertz CT molecular complexity index is 1970. The number of fused-ring (bicyclic) bond motifs is 6. The number of aromatic nitrogens is 2. The Balaban J connectivity index is 1.39. The molecule has 0 amide bonds. The summed E-state index contributed by atoms with van der Waals surface area (Å²) in [7, 11) is 0. The minimum absolute atomic E-state index is 1.16. The maximum atomic E-state index is 2.48. The number of benzene rings is 5. The third-order valence-corrected chi connectivity index (χ3v) is 9.99. The van der Waals surface area contributed by atoms with Gasteiger partial charge in [-0.05, 0) is 111 Å². The topological polar surface area (TPSA) is 9.86 Å². The van der Waals surface area contributed by atoms with Crippen LogP contribution >= 0.6 is 0 Å². The van der Waals surface area contributed by atoms with Crippen molar-refractivity contribution in [1.29, 1.82) is 0 Å². The Hall–Kier alpha value is -4.30. The Kier molecular flexibility index (Phi) is 8.71. The van der Waals surface area contributed by atoms with Crippen molar-refractivity contribution in [3.05, 3.63) is 119 Å². The van der Waals surface area contributed by atoms with E-state index < -0.39 is 0 Å². The number of rotatable bonds is 12. The molecule has 0 spiro atoms. The molecule has 0 aliphatic rings. The maximum Gasteiger partial charge on any atom is 0.0562 e. The van der Waals surface area contributed by atoms with E-state index in [1.54, 1.807) is 0 Å². The van der Waals surface area contributed by atoms with E-state index in [1.165, 1.54) is 129 Å². The predicted octanol–water partition coefficient (Wildman–Crippen LogP) is 12.7. The molecule has 0 aliphatic carbocycles. The van der Waals surface area contributed by atoms with E-state index in [0.717, 1.165) is 12.8 Å². The minimum Gasteiger partial charge on any atom is -0.309 e. The molecule has 2 nitrogen and oxygen atoms in total. The molecule has 0 N–H and O–H groups in total. The molecular formula is C44H48N2. The van der Waals surface area contributed by atoms with Gasteiger partial charge in [0, 0.05) is 32.9 Å². The average molecular weight is 605 g/mol. The van der Waals surface area contributed by atoms with Gasteiger partial charge in [-0.15, -0.1) is 0 Å². The molecule has 0 fully saturated rings. The van der Waals surface area contributed by atoms with E-state index in [2.05, 4.69) is 134 Å². The largest absolute Gasteiger partial charge is 0.309 e. The molecule has 46 heavy (non-hydrogen) atoms. The van der Waals surface area contributed by atoms with Crippen molar-refractivity contribution < 1.29 is 0 Å². The molecule has 5 aromatic carbocycles. The lowest BCUT2D eigenvalue weighted by molar-refractivity contribution is 0.667. The van der Waals surface area contributed by atoms with E-state index >= 15 is 0 Å². The standard InChI is InChI=1S/C44H48N2/c1-5-7-9-11-13-33-17-21-35(22-18-33)45-41-25-15-31(3)27-37(41)39-29-40-38-28-32(4)16-26-42(38)46(44(40)30-43(39)45)36-23-19-34(20-24-36)14-12-10-8-6-2/h15-30H,5-14H2,1-4H3. The van der Waals surface area contributed by atoms with Crippen molar-refractivity contribution in [3.8, 4) is 11.4 Å². The van der Waals surface area contributed by atoms with Crippen LogP contribution in [0.4, 0.5) is 0 Å². The van der Waals surface area contributed by atoms with Crippen LogP contribution in [0.3, 0.4) is 0 Å². The third-order valence-electron chi connectivity index (χ3n) is 9.99. The van der Waals surface area contributed by atoms with Gasteiger partial charge in [0.15, 0.2) is 0 Å². The van der Waals surface area contributed by atoms with Crippen LogP contribution in [-0.4, -0.2) is 9.13 Å². The molecule has 2 heteroatoms. The van der Waals surface area contributed by atoms with E-state index in [9.17, 15) is 0 Å². The third kappa shape index (κ3) is 5.75. The van der Waals surface area contributed by atoms with E-state index in [-0.39, 0.29) is 0 Å². The summed E-state index contributed by atoms with van der Waals surface area (Å²) in [5.41, 5.74) is 13.0. The fraction of sp³-hybridized carbons (Fsp3) is 0.318. The van der Waals surface area contributed by atoms with Crippen LogP contribution < -0.4 is 0 Å². The van der Waals surface area contributed by atoms with E-state index in [1.807, 2.05) is 0 Å². The molecule has 0 saturated heterocycles.